The Bertz CT molecular complexity index is 860. The van der Waals surface area contributed by atoms with E-state index in [4.69, 9.17) is 0 Å². The normalized spacial score (nSPS) is 18.5. The summed E-state index contributed by atoms with van der Waals surface area (Å²) in [6.07, 6.45) is 7.75. The van der Waals surface area contributed by atoms with Crippen LogP contribution in [0.3, 0.4) is 0 Å². The summed E-state index contributed by atoms with van der Waals surface area (Å²) in [4.78, 5) is 29.3. The molecule has 5 heteroatoms. The zero-order chi connectivity index (χ0) is 20.1. The first kappa shape index (κ1) is 19.7. The van der Waals surface area contributed by atoms with Crippen molar-refractivity contribution in [2.75, 3.05) is 31.5 Å². The quantitative estimate of drug-likeness (QED) is 0.808. The van der Waals surface area contributed by atoms with E-state index < -0.39 is 0 Å². The van der Waals surface area contributed by atoms with E-state index in [1.165, 1.54) is 32.1 Å². The Labute approximate surface area is 173 Å². The van der Waals surface area contributed by atoms with Crippen LogP contribution in [0.4, 0.5) is 10.5 Å². The van der Waals surface area contributed by atoms with Gasteiger partial charge in [-0.15, -0.1) is 0 Å². The van der Waals surface area contributed by atoms with Crippen LogP contribution in [-0.4, -0.2) is 47.9 Å². The molecule has 2 aromatic carbocycles. The van der Waals surface area contributed by atoms with Crippen LogP contribution >= 0.6 is 0 Å². The summed E-state index contributed by atoms with van der Waals surface area (Å²) in [6, 6.07) is 14.0. The highest BCUT2D eigenvalue weighted by molar-refractivity contribution is 5.93. The van der Waals surface area contributed by atoms with Crippen molar-refractivity contribution in [1.82, 2.24) is 9.80 Å². The van der Waals surface area contributed by atoms with Gasteiger partial charge in [-0.2, -0.15) is 0 Å². The molecule has 2 aromatic rings. The number of hydrogen-bond donors (Lipinski definition) is 1. The van der Waals surface area contributed by atoms with E-state index >= 15 is 0 Å². The van der Waals surface area contributed by atoms with Gasteiger partial charge in [0.15, 0.2) is 0 Å². The lowest BCUT2D eigenvalue weighted by molar-refractivity contribution is -0.132. The van der Waals surface area contributed by atoms with Gasteiger partial charge in [-0.1, -0.05) is 49.6 Å². The molecule has 29 heavy (non-hydrogen) atoms. The number of fused-ring (bicyclic) bond motifs is 1. The number of carbonyl (C=O) groups excluding carboxylic acids is 2. The fourth-order valence-electron chi connectivity index (χ4n) is 4.61. The van der Waals surface area contributed by atoms with Crippen LogP contribution in [0.2, 0.25) is 0 Å². The second-order valence-electron chi connectivity index (χ2n) is 8.42. The van der Waals surface area contributed by atoms with Crippen molar-refractivity contribution >= 4 is 28.4 Å². The molecule has 1 aliphatic heterocycles. The average molecular weight is 394 g/mol. The summed E-state index contributed by atoms with van der Waals surface area (Å²) in [5.74, 6) is 0.834. The highest BCUT2D eigenvalue weighted by atomic mass is 16.2. The van der Waals surface area contributed by atoms with E-state index in [0.29, 0.717) is 32.0 Å². The molecule has 1 saturated carbocycles. The highest BCUT2D eigenvalue weighted by Crippen LogP contribution is 2.27. The molecule has 154 valence electrons. The zero-order valence-electron chi connectivity index (χ0n) is 17.1. The third-order valence-corrected chi connectivity index (χ3v) is 6.32. The fraction of sp³-hybridized carbons (Fsp3) is 0.500. The van der Waals surface area contributed by atoms with Crippen LogP contribution < -0.4 is 5.32 Å². The molecule has 3 amide bonds. The minimum Gasteiger partial charge on any atom is -0.341 e. The molecule has 1 heterocycles. The Kier molecular flexibility index (Phi) is 6.33. The van der Waals surface area contributed by atoms with Gasteiger partial charge in [0.25, 0.3) is 0 Å². The molecule has 0 spiro atoms. The Hall–Kier alpha value is -2.56. The summed E-state index contributed by atoms with van der Waals surface area (Å²) in [5, 5.41) is 5.30. The number of rotatable bonds is 3. The largest absolute Gasteiger partial charge is 0.341 e. The maximum atomic E-state index is 12.8. The minimum atomic E-state index is -0.0816. The Morgan fingerprint density at radius 3 is 2.38 bits per heavy atom. The van der Waals surface area contributed by atoms with E-state index in [2.05, 4.69) is 11.4 Å². The molecular weight excluding hydrogens is 362 g/mol. The molecule has 0 aromatic heterocycles. The molecule has 5 nitrogen and oxygen atoms in total. The number of urea groups is 1. The topological polar surface area (TPSA) is 52.7 Å². The van der Waals surface area contributed by atoms with Crippen molar-refractivity contribution in [2.24, 2.45) is 5.92 Å². The molecule has 0 unspecified atom stereocenters. The Morgan fingerprint density at radius 1 is 0.828 bits per heavy atom. The van der Waals surface area contributed by atoms with Gasteiger partial charge in [-0.05, 0) is 48.1 Å². The van der Waals surface area contributed by atoms with Gasteiger partial charge in [0.05, 0.1) is 0 Å². The molecule has 4 rings (SSSR count). The summed E-state index contributed by atoms with van der Waals surface area (Å²) < 4.78 is 0. The van der Waals surface area contributed by atoms with Crippen LogP contribution in [0.5, 0.6) is 0 Å². The van der Waals surface area contributed by atoms with Gasteiger partial charge in [0.2, 0.25) is 5.91 Å². The lowest BCUT2D eigenvalue weighted by Gasteiger charge is -2.26. The minimum absolute atomic E-state index is 0.0816. The molecule has 1 saturated heterocycles. The molecule has 1 N–H and O–H groups in total. The Balaban J connectivity index is 1.31. The van der Waals surface area contributed by atoms with Crippen LogP contribution in [0.1, 0.15) is 44.9 Å². The van der Waals surface area contributed by atoms with E-state index in [1.807, 2.05) is 46.2 Å². The molecule has 0 bridgehead atoms. The van der Waals surface area contributed by atoms with Crippen LogP contribution in [0, 0.1) is 5.92 Å². The summed E-state index contributed by atoms with van der Waals surface area (Å²) in [7, 11) is 0. The first-order valence-corrected chi connectivity index (χ1v) is 11.0. The third-order valence-electron chi connectivity index (χ3n) is 6.32. The molecule has 0 radical (unpaired) electrons. The first-order chi connectivity index (χ1) is 14.2. The van der Waals surface area contributed by atoms with E-state index in [-0.39, 0.29) is 11.9 Å². The number of nitrogens with zero attached hydrogens (tertiary/aromatic N) is 2. The maximum Gasteiger partial charge on any atom is 0.321 e. The van der Waals surface area contributed by atoms with Crippen LogP contribution in [0.15, 0.2) is 42.5 Å². The van der Waals surface area contributed by atoms with Gasteiger partial charge in [-0.3, -0.25) is 4.79 Å². The van der Waals surface area contributed by atoms with Gasteiger partial charge >= 0.3 is 6.03 Å². The lowest BCUT2D eigenvalue weighted by atomic mass is 9.86. The third kappa shape index (κ3) is 5.08. The number of anilines is 1. The van der Waals surface area contributed by atoms with E-state index in [0.717, 1.165) is 29.4 Å². The van der Waals surface area contributed by atoms with E-state index in [9.17, 15) is 9.59 Å². The van der Waals surface area contributed by atoms with E-state index in [1.54, 1.807) is 0 Å². The summed E-state index contributed by atoms with van der Waals surface area (Å²) in [6.45, 7) is 2.67. The monoisotopic (exact) mass is 393 g/mol. The van der Waals surface area contributed by atoms with Crippen molar-refractivity contribution in [2.45, 2.75) is 44.9 Å². The number of hydrogen-bond acceptors (Lipinski definition) is 2. The number of benzene rings is 2. The second kappa shape index (κ2) is 9.29. The van der Waals surface area contributed by atoms with Crippen molar-refractivity contribution in [3.63, 3.8) is 0 Å². The molecule has 0 atom stereocenters. The van der Waals surface area contributed by atoms with Gasteiger partial charge in [-0.25, -0.2) is 4.79 Å². The first-order valence-electron chi connectivity index (χ1n) is 11.0. The molecule has 2 aliphatic rings. The lowest BCUT2D eigenvalue weighted by Crippen LogP contribution is -2.39. The maximum absolute atomic E-state index is 12.8. The van der Waals surface area contributed by atoms with Crippen LogP contribution in [0.25, 0.3) is 10.8 Å². The van der Waals surface area contributed by atoms with Crippen molar-refractivity contribution < 1.29 is 9.59 Å². The van der Waals surface area contributed by atoms with Gasteiger partial charge in [0, 0.05) is 38.3 Å². The number of amides is 3. The van der Waals surface area contributed by atoms with Crippen molar-refractivity contribution in [1.29, 1.82) is 0 Å². The summed E-state index contributed by atoms with van der Waals surface area (Å²) in [5.41, 5.74) is 0.808. The number of nitrogens with one attached hydrogen (secondary N) is 1. The Morgan fingerprint density at radius 2 is 1.55 bits per heavy atom. The highest BCUT2D eigenvalue weighted by Gasteiger charge is 2.24. The zero-order valence-corrected chi connectivity index (χ0v) is 17.1. The van der Waals surface area contributed by atoms with Crippen LogP contribution in [-0.2, 0) is 4.79 Å². The predicted molar refractivity (Wildman–Crippen MR) is 117 cm³/mol. The van der Waals surface area contributed by atoms with Gasteiger partial charge < -0.3 is 15.1 Å². The van der Waals surface area contributed by atoms with Crippen molar-refractivity contribution in [3.05, 3.63) is 42.5 Å². The smallest absolute Gasteiger partial charge is 0.321 e. The number of carbonyl (C=O) groups is 2. The summed E-state index contributed by atoms with van der Waals surface area (Å²) >= 11 is 0. The average Bonchev–Trinajstić information content (AvgIpc) is 3.01. The van der Waals surface area contributed by atoms with Gasteiger partial charge in [0.1, 0.15) is 0 Å². The molecule has 1 aliphatic carbocycles. The fourth-order valence-corrected chi connectivity index (χ4v) is 4.61. The second-order valence-corrected chi connectivity index (χ2v) is 8.42. The van der Waals surface area contributed by atoms with Crippen molar-refractivity contribution in [3.8, 4) is 0 Å². The predicted octanol–water partition coefficient (Wildman–Crippen LogP) is 4.88. The SMILES string of the molecule is O=C(CC1CCCCC1)N1CCCN(C(=O)Nc2ccc3ccccc3c2)CC1. The standard InChI is InChI=1S/C24H31N3O2/c28-23(17-19-7-2-1-3-8-19)26-13-6-14-27(16-15-26)24(29)25-22-12-11-20-9-4-5-10-21(20)18-22/h4-5,9-12,18-19H,1-3,6-8,13-17H2,(H,25,29). The molecule has 2 fully saturated rings. The molecular formula is C24H31N3O2.